The Kier molecular flexibility index (Phi) is 3.05. The zero-order valence-electron chi connectivity index (χ0n) is 11.1. The number of aryl methyl sites for hydroxylation is 1. The highest BCUT2D eigenvalue weighted by Crippen LogP contribution is 2.40. The van der Waals surface area contributed by atoms with Gasteiger partial charge in [0.25, 0.3) is 5.91 Å². The monoisotopic (exact) mass is 263 g/mol. The van der Waals surface area contributed by atoms with Crippen LogP contribution in [0.2, 0.25) is 0 Å². The highest BCUT2D eigenvalue weighted by atomic mass is 19.1. The molecular weight excluding hydrogens is 245 g/mol. The molecule has 0 aromatic heterocycles. The Bertz CT molecular complexity index is 501. The van der Waals surface area contributed by atoms with Gasteiger partial charge >= 0.3 is 0 Å². The Morgan fingerprint density at radius 3 is 2.68 bits per heavy atom. The lowest BCUT2D eigenvalue weighted by molar-refractivity contribution is -0.0666. The van der Waals surface area contributed by atoms with Crippen LogP contribution in [0, 0.1) is 18.2 Å². The second kappa shape index (κ2) is 4.60. The lowest BCUT2D eigenvalue weighted by Gasteiger charge is -2.52. The van der Waals surface area contributed by atoms with Crippen molar-refractivity contribution in [2.75, 3.05) is 26.3 Å². The molecule has 1 spiro atoms. The summed E-state index contributed by atoms with van der Waals surface area (Å²) in [4.78, 5) is 14.2. The number of rotatable bonds is 1. The summed E-state index contributed by atoms with van der Waals surface area (Å²) in [7, 11) is 0. The van der Waals surface area contributed by atoms with Crippen molar-refractivity contribution >= 4 is 5.91 Å². The highest BCUT2D eigenvalue weighted by Gasteiger charge is 2.46. The summed E-state index contributed by atoms with van der Waals surface area (Å²) in [5.74, 6) is -0.399. The fourth-order valence-corrected chi connectivity index (χ4v) is 3.02. The second-order valence-corrected chi connectivity index (χ2v) is 5.73. The Balaban J connectivity index is 1.71. The Labute approximate surface area is 112 Å². The van der Waals surface area contributed by atoms with E-state index in [1.54, 1.807) is 6.07 Å². The molecule has 3 rings (SSSR count). The van der Waals surface area contributed by atoms with Gasteiger partial charge in [0, 0.05) is 37.3 Å². The highest BCUT2D eigenvalue weighted by molar-refractivity contribution is 5.96. The molecule has 1 amide bonds. The molecule has 102 valence electrons. The number of benzene rings is 1. The predicted molar refractivity (Wildman–Crippen MR) is 69.5 cm³/mol. The van der Waals surface area contributed by atoms with Crippen molar-refractivity contribution in [1.82, 2.24) is 4.90 Å². The molecule has 0 radical (unpaired) electrons. The normalized spacial score (nSPS) is 21.3. The minimum absolute atomic E-state index is 0.0471. The fourth-order valence-electron chi connectivity index (χ4n) is 3.02. The van der Waals surface area contributed by atoms with Crippen LogP contribution in [0.1, 0.15) is 28.8 Å². The van der Waals surface area contributed by atoms with Crippen molar-refractivity contribution in [3.8, 4) is 0 Å². The van der Waals surface area contributed by atoms with E-state index < -0.39 is 0 Å². The zero-order chi connectivity index (χ0) is 13.5. The number of halogens is 1. The number of likely N-dealkylation sites (tertiary alicyclic amines) is 1. The summed E-state index contributed by atoms with van der Waals surface area (Å²) in [5.41, 5.74) is 1.58. The van der Waals surface area contributed by atoms with Gasteiger partial charge in [-0.15, -0.1) is 0 Å². The van der Waals surface area contributed by atoms with Crippen molar-refractivity contribution in [3.63, 3.8) is 0 Å². The molecule has 0 atom stereocenters. The van der Waals surface area contributed by atoms with Crippen LogP contribution in [-0.4, -0.2) is 37.1 Å². The van der Waals surface area contributed by atoms with E-state index >= 15 is 0 Å². The fraction of sp³-hybridized carbons (Fsp3) is 0.533. The first kappa shape index (κ1) is 12.6. The zero-order valence-corrected chi connectivity index (χ0v) is 11.1. The van der Waals surface area contributed by atoms with Crippen molar-refractivity contribution in [3.05, 3.63) is 35.1 Å². The first-order valence-corrected chi connectivity index (χ1v) is 6.73. The van der Waals surface area contributed by atoms with Crippen LogP contribution < -0.4 is 0 Å². The predicted octanol–water partition coefficient (Wildman–Crippen LogP) is 2.39. The van der Waals surface area contributed by atoms with E-state index in [-0.39, 0.29) is 17.1 Å². The summed E-state index contributed by atoms with van der Waals surface area (Å²) in [5, 5.41) is 0. The number of carbonyl (C=O) groups excluding carboxylic acids is 1. The maximum atomic E-state index is 13.3. The van der Waals surface area contributed by atoms with E-state index in [9.17, 15) is 9.18 Å². The molecule has 0 aliphatic carbocycles. The van der Waals surface area contributed by atoms with Gasteiger partial charge < -0.3 is 9.64 Å². The largest absolute Gasteiger partial charge is 0.381 e. The average Bonchev–Trinajstić information content (AvgIpc) is 2.39. The van der Waals surface area contributed by atoms with Gasteiger partial charge in [-0.2, -0.15) is 0 Å². The summed E-state index contributed by atoms with van der Waals surface area (Å²) in [6.45, 7) is 5.00. The number of hydrogen-bond donors (Lipinski definition) is 0. The molecule has 19 heavy (non-hydrogen) atoms. The SMILES string of the molecule is Cc1ccc(F)cc1C(=O)N1CC2(CCOCC2)C1. The molecule has 2 heterocycles. The molecule has 2 aliphatic rings. The van der Waals surface area contributed by atoms with E-state index in [0.717, 1.165) is 44.7 Å². The summed E-state index contributed by atoms with van der Waals surface area (Å²) in [6, 6.07) is 4.39. The van der Waals surface area contributed by atoms with Gasteiger partial charge in [-0.1, -0.05) is 6.07 Å². The summed E-state index contributed by atoms with van der Waals surface area (Å²) >= 11 is 0. The van der Waals surface area contributed by atoms with E-state index in [2.05, 4.69) is 0 Å². The van der Waals surface area contributed by atoms with E-state index in [1.165, 1.54) is 12.1 Å². The van der Waals surface area contributed by atoms with Gasteiger partial charge in [0.05, 0.1) is 0 Å². The molecule has 0 bridgehead atoms. The second-order valence-electron chi connectivity index (χ2n) is 5.73. The van der Waals surface area contributed by atoms with Gasteiger partial charge in [0.1, 0.15) is 5.82 Å². The third kappa shape index (κ3) is 2.25. The topological polar surface area (TPSA) is 29.5 Å². The van der Waals surface area contributed by atoms with Gasteiger partial charge in [0.2, 0.25) is 0 Å². The first-order chi connectivity index (χ1) is 9.10. The molecule has 2 saturated heterocycles. The van der Waals surface area contributed by atoms with Gasteiger partial charge in [-0.25, -0.2) is 4.39 Å². The number of amides is 1. The van der Waals surface area contributed by atoms with Gasteiger partial charge in [0.15, 0.2) is 0 Å². The van der Waals surface area contributed by atoms with Crippen LogP contribution in [-0.2, 0) is 4.74 Å². The lowest BCUT2D eigenvalue weighted by Crippen LogP contribution is -2.60. The molecular formula is C15H18FNO2. The van der Waals surface area contributed by atoms with Crippen molar-refractivity contribution < 1.29 is 13.9 Å². The number of carbonyl (C=O) groups is 1. The van der Waals surface area contributed by atoms with Crippen LogP contribution in [0.25, 0.3) is 0 Å². The third-order valence-corrected chi connectivity index (χ3v) is 4.32. The van der Waals surface area contributed by atoms with E-state index in [1.807, 2.05) is 11.8 Å². The van der Waals surface area contributed by atoms with Crippen LogP contribution in [0.15, 0.2) is 18.2 Å². The number of ether oxygens (including phenoxy) is 1. The molecule has 0 saturated carbocycles. The quantitative estimate of drug-likeness (QED) is 0.778. The van der Waals surface area contributed by atoms with Crippen molar-refractivity contribution in [2.45, 2.75) is 19.8 Å². The van der Waals surface area contributed by atoms with Crippen LogP contribution in [0.3, 0.4) is 0 Å². The minimum Gasteiger partial charge on any atom is -0.381 e. The number of hydrogen-bond acceptors (Lipinski definition) is 2. The molecule has 0 N–H and O–H groups in total. The summed E-state index contributed by atoms with van der Waals surface area (Å²) in [6.07, 6.45) is 2.05. The van der Waals surface area contributed by atoms with Crippen molar-refractivity contribution in [1.29, 1.82) is 0 Å². The van der Waals surface area contributed by atoms with Crippen LogP contribution >= 0.6 is 0 Å². The van der Waals surface area contributed by atoms with Gasteiger partial charge in [-0.3, -0.25) is 4.79 Å². The standard InChI is InChI=1S/C15H18FNO2/c1-11-2-3-12(16)8-13(11)14(18)17-9-15(10-17)4-6-19-7-5-15/h2-3,8H,4-7,9-10H2,1H3. The summed E-state index contributed by atoms with van der Waals surface area (Å²) < 4.78 is 18.6. The van der Waals surface area contributed by atoms with Crippen LogP contribution in [0.5, 0.6) is 0 Å². The van der Waals surface area contributed by atoms with Crippen molar-refractivity contribution in [2.24, 2.45) is 5.41 Å². The third-order valence-electron chi connectivity index (χ3n) is 4.32. The van der Waals surface area contributed by atoms with Crippen LogP contribution in [0.4, 0.5) is 4.39 Å². The molecule has 1 aromatic rings. The average molecular weight is 263 g/mol. The maximum absolute atomic E-state index is 13.3. The maximum Gasteiger partial charge on any atom is 0.254 e. The van der Waals surface area contributed by atoms with E-state index in [0.29, 0.717) is 5.56 Å². The Hall–Kier alpha value is -1.42. The Morgan fingerprint density at radius 2 is 2.00 bits per heavy atom. The van der Waals surface area contributed by atoms with E-state index in [4.69, 9.17) is 4.74 Å². The molecule has 3 nitrogen and oxygen atoms in total. The molecule has 4 heteroatoms. The number of nitrogens with zero attached hydrogens (tertiary/aromatic N) is 1. The first-order valence-electron chi connectivity index (χ1n) is 6.73. The minimum atomic E-state index is -0.352. The molecule has 0 unspecified atom stereocenters. The smallest absolute Gasteiger partial charge is 0.254 e. The lowest BCUT2D eigenvalue weighted by atomic mass is 9.73. The molecule has 2 fully saturated rings. The molecule has 2 aliphatic heterocycles. The van der Waals surface area contributed by atoms with Gasteiger partial charge in [-0.05, 0) is 37.5 Å². The molecule has 1 aromatic carbocycles. The Morgan fingerprint density at radius 1 is 1.32 bits per heavy atom.